The minimum atomic E-state index is -4.44. The molecule has 0 saturated carbocycles. The van der Waals surface area contributed by atoms with Crippen LogP contribution in [0.2, 0.25) is 0 Å². The number of nitrogens with one attached hydrogen (secondary N) is 1. The van der Waals surface area contributed by atoms with Crippen LogP contribution in [0.1, 0.15) is 24.2 Å². The maximum atomic E-state index is 12.1. The van der Waals surface area contributed by atoms with Gasteiger partial charge in [-0.1, -0.05) is 0 Å². The number of halogens is 3. The maximum Gasteiger partial charge on any atom is 0.389 e. The van der Waals surface area contributed by atoms with Crippen molar-refractivity contribution in [2.45, 2.75) is 38.0 Å². The normalized spacial score (nSPS) is 18.8. The number of fused-ring (bicyclic) bond motifs is 1. The second-order valence-corrected chi connectivity index (χ2v) is 4.52. The van der Waals surface area contributed by atoms with Gasteiger partial charge in [0.15, 0.2) is 0 Å². The Labute approximate surface area is 111 Å². The Bertz CT molecular complexity index is 526. The Balaban J connectivity index is 2.12. The topological polar surface area (TPSA) is 86.3 Å². The minimum absolute atomic E-state index is 0.00801. The highest BCUT2D eigenvalue weighted by Crippen LogP contribution is 2.25. The lowest BCUT2D eigenvalue weighted by Crippen LogP contribution is -2.48. The molecule has 1 atom stereocenters. The van der Waals surface area contributed by atoms with Gasteiger partial charge in [0.25, 0.3) is 0 Å². The Morgan fingerprint density at radius 2 is 2.20 bits per heavy atom. The van der Waals surface area contributed by atoms with Gasteiger partial charge in [0.05, 0.1) is 30.7 Å². The Morgan fingerprint density at radius 3 is 2.80 bits per heavy atom. The standard InChI is InChI=1S/C11H12F3N3O3/c12-11(13,14)2-1-9(18)17-4-7-6(15-5-16-7)3-8(17)10(19)20/h5,8H,1-4H2,(H,15,16)(H,19,20). The van der Waals surface area contributed by atoms with Crippen molar-refractivity contribution < 1.29 is 27.9 Å². The number of aromatic amines is 1. The lowest BCUT2D eigenvalue weighted by atomic mass is 10.0. The molecule has 0 spiro atoms. The fourth-order valence-corrected chi connectivity index (χ4v) is 2.11. The fraction of sp³-hybridized carbons (Fsp3) is 0.545. The molecular weight excluding hydrogens is 279 g/mol. The van der Waals surface area contributed by atoms with Gasteiger partial charge in [-0.2, -0.15) is 13.2 Å². The van der Waals surface area contributed by atoms with Crippen molar-refractivity contribution in [1.29, 1.82) is 0 Å². The minimum Gasteiger partial charge on any atom is -0.480 e. The summed E-state index contributed by atoms with van der Waals surface area (Å²) < 4.78 is 36.4. The lowest BCUT2D eigenvalue weighted by molar-refractivity contribution is -0.157. The molecule has 1 amide bonds. The van der Waals surface area contributed by atoms with Crippen LogP contribution in [0.25, 0.3) is 0 Å². The van der Waals surface area contributed by atoms with E-state index in [-0.39, 0.29) is 13.0 Å². The predicted molar refractivity (Wildman–Crippen MR) is 59.6 cm³/mol. The van der Waals surface area contributed by atoms with Gasteiger partial charge < -0.3 is 15.0 Å². The van der Waals surface area contributed by atoms with E-state index in [1.165, 1.54) is 6.33 Å². The molecule has 2 rings (SSSR count). The number of imidazole rings is 1. The molecule has 0 aliphatic carbocycles. The molecule has 1 aliphatic heterocycles. The monoisotopic (exact) mass is 291 g/mol. The van der Waals surface area contributed by atoms with Gasteiger partial charge in [-0.15, -0.1) is 0 Å². The van der Waals surface area contributed by atoms with Gasteiger partial charge >= 0.3 is 12.1 Å². The number of amides is 1. The zero-order valence-corrected chi connectivity index (χ0v) is 10.3. The van der Waals surface area contributed by atoms with Crippen LogP contribution in [0, 0.1) is 0 Å². The van der Waals surface area contributed by atoms with E-state index >= 15 is 0 Å². The number of carboxylic acid groups (broad SMARTS) is 1. The second kappa shape index (κ2) is 5.14. The van der Waals surface area contributed by atoms with Crippen molar-refractivity contribution in [2.24, 2.45) is 0 Å². The average molecular weight is 291 g/mol. The Morgan fingerprint density at radius 1 is 1.50 bits per heavy atom. The molecule has 2 heterocycles. The van der Waals surface area contributed by atoms with Crippen LogP contribution in [0.4, 0.5) is 13.2 Å². The summed E-state index contributed by atoms with van der Waals surface area (Å²) in [5.41, 5.74) is 1.08. The zero-order chi connectivity index (χ0) is 14.9. The van der Waals surface area contributed by atoms with Crippen LogP contribution < -0.4 is 0 Å². The number of aliphatic carboxylic acids is 1. The molecule has 0 radical (unpaired) electrons. The molecule has 9 heteroatoms. The van der Waals surface area contributed by atoms with E-state index < -0.39 is 36.9 Å². The van der Waals surface area contributed by atoms with E-state index in [0.717, 1.165) is 4.90 Å². The quantitative estimate of drug-likeness (QED) is 0.873. The number of carbonyl (C=O) groups is 2. The van der Waals surface area contributed by atoms with E-state index in [4.69, 9.17) is 5.11 Å². The summed E-state index contributed by atoms with van der Waals surface area (Å²) in [6.07, 6.45) is -5.09. The van der Waals surface area contributed by atoms with Crippen LogP contribution in [0.15, 0.2) is 6.33 Å². The molecule has 1 aromatic rings. The number of aromatic nitrogens is 2. The van der Waals surface area contributed by atoms with E-state index in [1.54, 1.807) is 0 Å². The van der Waals surface area contributed by atoms with Gasteiger partial charge in [-0.25, -0.2) is 9.78 Å². The predicted octanol–water partition coefficient (Wildman–Crippen LogP) is 1.09. The second-order valence-electron chi connectivity index (χ2n) is 4.52. The lowest BCUT2D eigenvalue weighted by Gasteiger charge is -2.32. The molecule has 110 valence electrons. The van der Waals surface area contributed by atoms with E-state index in [0.29, 0.717) is 11.4 Å². The molecule has 0 bridgehead atoms. The smallest absolute Gasteiger partial charge is 0.389 e. The van der Waals surface area contributed by atoms with Gasteiger partial charge in [0, 0.05) is 12.8 Å². The summed E-state index contributed by atoms with van der Waals surface area (Å²) in [6, 6.07) is -1.17. The third-order valence-corrected chi connectivity index (χ3v) is 3.13. The van der Waals surface area contributed by atoms with Crippen LogP contribution in [0.5, 0.6) is 0 Å². The van der Waals surface area contributed by atoms with Crippen molar-refractivity contribution >= 4 is 11.9 Å². The SMILES string of the molecule is O=C(O)C1Cc2nc[nH]c2CN1C(=O)CCC(F)(F)F. The first-order valence-corrected chi connectivity index (χ1v) is 5.88. The first kappa shape index (κ1) is 14.4. The van der Waals surface area contributed by atoms with Crippen LogP contribution >= 0.6 is 0 Å². The van der Waals surface area contributed by atoms with E-state index in [9.17, 15) is 22.8 Å². The molecule has 0 saturated heterocycles. The summed E-state index contributed by atoms with van der Waals surface area (Å²) in [5.74, 6) is -2.08. The van der Waals surface area contributed by atoms with Gasteiger partial charge in [0.2, 0.25) is 5.91 Å². The summed E-state index contributed by atoms with van der Waals surface area (Å²) in [7, 11) is 0. The molecule has 1 unspecified atom stereocenters. The van der Waals surface area contributed by atoms with Crippen LogP contribution in [0.3, 0.4) is 0 Å². The number of H-pyrrole nitrogens is 1. The Kier molecular flexibility index (Phi) is 3.69. The van der Waals surface area contributed by atoms with Crippen LogP contribution in [-0.4, -0.2) is 44.1 Å². The van der Waals surface area contributed by atoms with Gasteiger partial charge in [-0.05, 0) is 0 Å². The Hall–Kier alpha value is -2.06. The maximum absolute atomic E-state index is 12.1. The summed E-state index contributed by atoms with van der Waals surface area (Å²) in [5, 5.41) is 9.09. The summed E-state index contributed by atoms with van der Waals surface area (Å²) in [6.45, 7) is -0.0665. The van der Waals surface area contributed by atoms with E-state index in [1.807, 2.05) is 0 Å². The van der Waals surface area contributed by atoms with Gasteiger partial charge in [-0.3, -0.25) is 4.79 Å². The highest BCUT2D eigenvalue weighted by molar-refractivity contribution is 5.84. The number of rotatable bonds is 3. The van der Waals surface area contributed by atoms with Crippen molar-refractivity contribution in [1.82, 2.24) is 14.9 Å². The number of carbonyl (C=O) groups excluding carboxylic acids is 1. The molecule has 2 N–H and O–H groups in total. The summed E-state index contributed by atoms with van der Waals surface area (Å²) in [4.78, 5) is 30.6. The third kappa shape index (κ3) is 3.09. The van der Waals surface area contributed by atoms with Crippen LogP contribution in [-0.2, 0) is 22.6 Å². The van der Waals surface area contributed by atoms with Crippen molar-refractivity contribution in [3.05, 3.63) is 17.7 Å². The highest BCUT2D eigenvalue weighted by Gasteiger charge is 2.37. The van der Waals surface area contributed by atoms with E-state index in [2.05, 4.69) is 9.97 Å². The molecular formula is C11H12F3N3O3. The number of hydrogen-bond donors (Lipinski definition) is 2. The number of carboxylic acids is 1. The fourth-order valence-electron chi connectivity index (χ4n) is 2.11. The first-order valence-electron chi connectivity index (χ1n) is 5.88. The van der Waals surface area contributed by atoms with Crippen molar-refractivity contribution in [3.63, 3.8) is 0 Å². The highest BCUT2D eigenvalue weighted by atomic mass is 19.4. The molecule has 20 heavy (non-hydrogen) atoms. The molecule has 1 aliphatic rings. The number of nitrogens with zero attached hydrogens (tertiary/aromatic N) is 2. The summed E-state index contributed by atoms with van der Waals surface area (Å²) >= 11 is 0. The largest absolute Gasteiger partial charge is 0.480 e. The average Bonchev–Trinajstić information content (AvgIpc) is 2.80. The number of hydrogen-bond acceptors (Lipinski definition) is 3. The third-order valence-electron chi connectivity index (χ3n) is 3.13. The van der Waals surface area contributed by atoms with Gasteiger partial charge in [0.1, 0.15) is 6.04 Å². The zero-order valence-electron chi connectivity index (χ0n) is 10.3. The van der Waals surface area contributed by atoms with Crippen molar-refractivity contribution in [2.75, 3.05) is 0 Å². The molecule has 1 aromatic heterocycles. The first-order chi connectivity index (χ1) is 9.28. The molecule has 6 nitrogen and oxygen atoms in total. The van der Waals surface area contributed by atoms with Crippen molar-refractivity contribution in [3.8, 4) is 0 Å². The molecule has 0 aromatic carbocycles. The number of alkyl halides is 3. The molecule has 0 fully saturated rings.